The molecule has 0 saturated heterocycles. The Labute approximate surface area is 200 Å². The molecule has 5 aromatic rings. The van der Waals surface area contributed by atoms with Crippen molar-refractivity contribution in [1.82, 2.24) is 0 Å². The summed E-state index contributed by atoms with van der Waals surface area (Å²) < 4.78 is 11.5. The van der Waals surface area contributed by atoms with E-state index in [1.54, 1.807) is 42.5 Å². The number of furan rings is 1. The number of anilines is 2. The third-order valence-corrected chi connectivity index (χ3v) is 5.74. The summed E-state index contributed by atoms with van der Waals surface area (Å²) in [6.45, 7) is 3.91. The van der Waals surface area contributed by atoms with Gasteiger partial charge in [0.05, 0.1) is 5.39 Å². The molecule has 7 heteroatoms. The van der Waals surface area contributed by atoms with Crippen LogP contribution < -0.4 is 16.1 Å². The molecule has 2 amide bonds. The zero-order valence-corrected chi connectivity index (χ0v) is 19.2. The molecule has 0 aliphatic heterocycles. The second kappa shape index (κ2) is 8.95. The van der Waals surface area contributed by atoms with Gasteiger partial charge in [-0.1, -0.05) is 37.3 Å². The van der Waals surface area contributed by atoms with Gasteiger partial charge in [-0.05, 0) is 60.9 Å². The average Bonchev–Trinajstić information content (AvgIpc) is 3.22. The largest absolute Gasteiger partial charge is 0.451 e. The van der Waals surface area contributed by atoms with Crippen LogP contribution in [0.4, 0.5) is 11.4 Å². The molecular weight excluding hydrogens is 444 g/mol. The van der Waals surface area contributed by atoms with E-state index in [-0.39, 0.29) is 22.6 Å². The van der Waals surface area contributed by atoms with Crippen molar-refractivity contribution in [2.75, 3.05) is 10.6 Å². The van der Waals surface area contributed by atoms with Gasteiger partial charge in [0.15, 0.2) is 11.2 Å². The van der Waals surface area contributed by atoms with Crippen LogP contribution in [0.15, 0.2) is 86.4 Å². The van der Waals surface area contributed by atoms with Gasteiger partial charge in [-0.3, -0.25) is 14.4 Å². The number of hydrogen-bond acceptors (Lipinski definition) is 5. The molecule has 5 rings (SSSR count). The van der Waals surface area contributed by atoms with Crippen LogP contribution in [0.1, 0.15) is 39.2 Å². The quantitative estimate of drug-likeness (QED) is 0.335. The first-order valence-electron chi connectivity index (χ1n) is 11.2. The van der Waals surface area contributed by atoms with Gasteiger partial charge in [0.1, 0.15) is 16.9 Å². The summed E-state index contributed by atoms with van der Waals surface area (Å²) in [7, 11) is 0. The first-order chi connectivity index (χ1) is 16.9. The topological polar surface area (TPSA) is 102 Å². The maximum atomic E-state index is 13.1. The summed E-state index contributed by atoms with van der Waals surface area (Å²) in [6, 6.07) is 20.8. The van der Waals surface area contributed by atoms with Crippen LogP contribution in [0.5, 0.6) is 0 Å². The van der Waals surface area contributed by atoms with Crippen molar-refractivity contribution in [2.45, 2.75) is 20.3 Å². The monoisotopic (exact) mass is 466 g/mol. The minimum atomic E-state index is -0.667. The molecule has 0 radical (unpaired) electrons. The summed E-state index contributed by atoms with van der Waals surface area (Å²) in [5.74, 6) is -1.41. The molecule has 174 valence electrons. The molecule has 3 aromatic carbocycles. The van der Waals surface area contributed by atoms with E-state index in [2.05, 4.69) is 10.6 Å². The lowest BCUT2D eigenvalue weighted by Crippen LogP contribution is -2.18. The Bertz CT molecular complexity index is 1660. The van der Waals surface area contributed by atoms with Gasteiger partial charge < -0.3 is 19.5 Å². The minimum absolute atomic E-state index is 0.0585. The average molecular weight is 466 g/mol. The van der Waals surface area contributed by atoms with Crippen molar-refractivity contribution in [3.63, 3.8) is 0 Å². The van der Waals surface area contributed by atoms with Crippen molar-refractivity contribution >= 4 is 45.1 Å². The number of amides is 2. The Balaban J connectivity index is 1.51. The Morgan fingerprint density at radius 3 is 2.40 bits per heavy atom. The number of rotatable bonds is 5. The fourth-order valence-electron chi connectivity index (χ4n) is 3.95. The van der Waals surface area contributed by atoms with Gasteiger partial charge >= 0.3 is 0 Å². The van der Waals surface area contributed by atoms with Gasteiger partial charge in [-0.25, -0.2) is 0 Å². The molecule has 0 aliphatic carbocycles. The predicted molar refractivity (Wildman–Crippen MR) is 135 cm³/mol. The van der Waals surface area contributed by atoms with Crippen LogP contribution in [0.3, 0.4) is 0 Å². The number of nitrogens with one attached hydrogen (secondary N) is 2. The van der Waals surface area contributed by atoms with Crippen molar-refractivity contribution in [1.29, 1.82) is 0 Å². The highest BCUT2D eigenvalue weighted by atomic mass is 16.4. The normalized spacial score (nSPS) is 11.0. The number of hydrogen-bond donors (Lipinski definition) is 2. The first kappa shape index (κ1) is 22.2. The van der Waals surface area contributed by atoms with Crippen LogP contribution in [-0.4, -0.2) is 11.8 Å². The molecule has 0 spiro atoms. The van der Waals surface area contributed by atoms with E-state index in [9.17, 15) is 14.4 Å². The van der Waals surface area contributed by atoms with Gasteiger partial charge in [0.25, 0.3) is 11.8 Å². The van der Waals surface area contributed by atoms with Crippen LogP contribution in [0.2, 0.25) is 0 Å². The molecule has 2 N–H and O–H groups in total. The van der Waals surface area contributed by atoms with Crippen molar-refractivity contribution in [3.8, 4) is 0 Å². The fraction of sp³-hybridized carbons (Fsp3) is 0.107. The van der Waals surface area contributed by atoms with E-state index in [1.807, 2.05) is 38.1 Å². The summed E-state index contributed by atoms with van der Waals surface area (Å²) >= 11 is 0. The molecule has 7 nitrogen and oxygen atoms in total. The van der Waals surface area contributed by atoms with E-state index in [4.69, 9.17) is 8.83 Å². The molecule has 0 fully saturated rings. The lowest BCUT2D eigenvalue weighted by atomic mass is 10.1. The van der Waals surface area contributed by atoms with Crippen molar-refractivity contribution in [2.24, 2.45) is 0 Å². The predicted octanol–water partition coefficient (Wildman–Crippen LogP) is 5.91. The number of carbonyl (C=O) groups excluding carboxylic acids is 2. The highest BCUT2D eigenvalue weighted by Gasteiger charge is 2.24. The zero-order chi connectivity index (χ0) is 24.5. The first-order valence-corrected chi connectivity index (χ1v) is 11.2. The summed E-state index contributed by atoms with van der Waals surface area (Å²) in [5, 5.41) is 6.47. The van der Waals surface area contributed by atoms with E-state index >= 15 is 0 Å². The van der Waals surface area contributed by atoms with Crippen LogP contribution in [0, 0.1) is 6.92 Å². The van der Waals surface area contributed by atoms with Crippen molar-refractivity contribution < 1.29 is 18.4 Å². The molecule has 2 aromatic heterocycles. The SMILES string of the molecule is CCc1ccc2oc(C(=O)Nc3c(C(=O)Nc4cccc(C)c4)oc4ccccc34)cc(=O)c2c1. The molecule has 2 heterocycles. The highest BCUT2D eigenvalue weighted by molar-refractivity contribution is 6.16. The van der Waals surface area contributed by atoms with E-state index in [0.717, 1.165) is 23.6 Å². The Morgan fingerprint density at radius 2 is 1.60 bits per heavy atom. The number of para-hydroxylation sites is 1. The van der Waals surface area contributed by atoms with Gasteiger partial charge in [0, 0.05) is 17.1 Å². The minimum Gasteiger partial charge on any atom is -0.451 e. The summed E-state index contributed by atoms with van der Waals surface area (Å²) in [6.07, 6.45) is 0.776. The molecule has 0 unspecified atom stereocenters. The van der Waals surface area contributed by atoms with Crippen LogP contribution >= 0.6 is 0 Å². The molecule has 0 atom stereocenters. The third-order valence-electron chi connectivity index (χ3n) is 5.74. The second-order valence-electron chi connectivity index (χ2n) is 8.24. The standard InChI is InChI=1S/C28H22N2O5/c1-3-17-11-12-23-20(14-17)21(31)15-24(34-23)27(32)30-25-19-9-4-5-10-22(19)35-26(25)28(33)29-18-8-6-7-16(2)13-18/h4-15H,3H2,1-2H3,(H,29,33)(H,30,32). The van der Waals surface area contributed by atoms with Crippen molar-refractivity contribution in [3.05, 3.63) is 106 Å². The van der Waals surface area contributed by atoms with Crippen LogP contribution in [-0.2, 0) is 6.42 Å². The lowest BCUT2D eigenvalue weighted by molar-refractivity contribution is 0.0996. The molecule has 0 saturated carbocycles. The molecule has 35 heavy (non-hydrogen) atoms. The number of fused-ring (bicyclic) bond motifs is 2. The number of aryl methyl sites for hydroxylation is 2. The second-order valence-corrected chi connectivity index (χ2v) is 8.24. The Hall–Kier alpha value is -4.65. The van der Waals surface area contributed by atoms with Gasteiger partial charge in [-0.15, -0.1) is 0 Å². The smallest absolute Gasteiger partial charge is 0.293 e. The maximum absolute atomic E-state index is 13.1. The molecular formula is C28H22N2O5. The molecule has 0 aliphatic rings. The summed E-state index contributed by atoms with van der Waals surface area (Å²) in [5.41, 5.74) is 3.20. The molecule has 0 bridgehead atoms. The van der Waals surface area contributed by atoms with Gasteiger partial charge in [0.2, 0.25) is 5.76 Å². The zero-order valence-electron chi connectivity index (χ0n) is 19.2. The van der Waals surface area contributed by atoms with E-state index < -0.39 is 11.8 Å². The van der Waals surface area contributed by atoms with Gasteiger partial charge in [-0.2, -0.15) is 0 Å². The van der Waals surface area contributed by atoms with E-state index in [0.29, 0.717) is 27.6 Å². The third kappa shape index (κ3) is 4.31. The number of benzene rings is 3. The Morgan fingerprint density at radius 1 is 0.800 bits per heavy atom. The summed E-state index contributed by atoms with van der Waals surface area (Å²) in [4.78, 5) is 38.9. The highest BCUT2D eigenvalue weighted by Crippen LogP contribution is 2.32. The number of carbonyl (C=O) groups is 2. The van der Waals surface area contributed by atoms with E-state index in [1.165, 1.54) is 0 Å². The van der Waals surface area contributed by atoms with Crippen LogP contribution in [0.25, 0.3) is 21.9 Å². The fourth-order valence-corrected chi connectivity index (χ4v) is 3.95. The lowest BCUT2D eigenvalue weighted by Gasteiger charge is -2.08. The Kier molecular flexibility index (Phi) is 5.66. The maximum Gasteiger partial charge on any atom is 0.293 e.